The number of nitrogens with two attached hydrogens (primary N) is 1. The minimum atomic E-state index is -2.66. The molecule has 0 bridgehead atoms. The van der Waals surface area contributed by atoms with Crippen LogP contribution >= 0.6 is 0 Å². The molecule has 2 aromatic rings. The topological polar surface area (TPSA) is 175 Å². The first-order valence-corrected chi connectivity index (χ1v) is 12.5. The smallest absolute Gasteiger partial charge is 0.255 e. The summed E-state index contributed by atoms with van der Waals surface area (Å²) in [5, 5.41) is 44.6. The normalized spacial score (nSPS) is 26.9. The van der Waals surface area contributed by atoms with Crippen molar-refractivity contribution in [2.45, 2.75) is 44.2 Å². The molecule has 10 heteroatoms. The van der Waals surface area contributed by atoms with Gasteiger partial charge in [0, 0.05) is 23.5 Å². The summed E-state index contributed by atoms with van der Waals surface area (Å²) in [5.74, 6) is -5.42. The van der Waals surface area contributed by atoms with Crippen LogP contribution in [0.2, 0.25) is 0 Å². The lowest BCUT2D eigenvalue weighted by molar-refractivity contribution is -0.153. The molecule has 1 amide bonds. The van der Waals surface area contributed by atoms with Crippen molar-refractivity contribution in [3.05, 3.63) is 58.1 Å². The van der Waals surface area contributed by atoms with Gasteiger partial charge in [-0.1, -0.05) is 6.92 Å². The highest BCUT2D eigenvalue weighted by molar-refractivity contribution is 6.24. The van der Waals surface area contributed by atoms with Gasteiger partial charge in [0.15, 0.2) is 11.4 Å². The number of amides is 1. The molecule has 1 saturated carbocycles. The molecule has 3 aliphatic carbocycles. The quantitative estimate of drug-likeness (QED) is 0.369. The van der Waals surface area contributed by atoms with Gasteiger partial charge in [-0.2, -0.15) is 0 Å². The summed E-state index contributed by atoms with van der Waals surface area (Å²) in [7, 11) is 3.13. The number of hydrogen-bond donors (Lipinski definition) is 5. The lowest BCUT2D eigenvalue weighted by Gasteiger charge is -2.50. The van der Waals surface area contributed by atoms with E-state index in [1.807, 2.05) is 19.1 Å². The molecule has 3 aliphatic rings. The molecule has 4 atom stereocenters. The Balaban J connectivity index is 1.71. The van der Waals surface area contributed by atoms with E-state index in [2.05, 4.69) is 0 Å². The van der Waals surface area contributed by atoms with Crippen LogP contribution < -0.4 is 5.73 Å². The van der Waals surface area contributed by atoms with Crippen LogP contribution in [-0.2, 0) is 27.2 Å². The third-order valence-corrected chi connectivity index (χ3v) is 8.03. The van der Waals surface area contributed by atoms with Crippen LogP contribution in [0.5, 0.6) is 5.75 Å². The number of phenolic OH excluding ortho intramolecular Hbond substituents is 1. The number of aliphatic hydroxyl groups is 3. The molecule has 6 N–H and O–H groups in total. The number of carbonyl (C=O) groups is 3. The third-order valence-electron chi connectivity index (χ3n) is 8.03. The zero-order chi connectivity index (χ0) is 27.7. The summed E-state index contributed by atoms with van der Waals surface area (Å²) in [6.07, 6.45) is 1.87. The molecule has 200 valence electrons. The van der Waals surface area contributed by atoms with Crippen molar-refractivity contribution < 1.29 is 39.2 Å². The predicted molar refractivity (Wildman–Crippen MR) is 136 cm³/mol. The number of Topliss-reactive ketones (excluding diaryl/α,β-unsaturated/α-hetero) is 2. The number of aliphatic hydroxyl groups excluding tert-OH is 2. The number of benzene rings is 1. The zero-order valence-corrected chi connectivity index (χ0v) is 21.3. The fraction of sp³-hybridized carbons (Fsp3) is 0.393. The number of phenols is 1. The van der Waals surface area contributed by atoms with E-state index in [0.717, 1.165) is 18.6 Å². The van der Waals surface area contributed by atoms with Crippen LogP contribution in [0.1, 0.15) is 36.7 Å². The molecule has 0 aliphatic heterocycles. The molecule has 1 fully saturated rings. The lowest BCUT2D eigenvalue weighted by atomic mass is 9.57. The number of fused-ring (bicyclic) bond motifs is 3. The van der Waals surface area contributed by atoms with Crippen LogP contribution in [0, 0.1) is 11.8 Å². The number of likely N-dealkylation sites (N-methyl/N-ethyl adjacent to an activating group) is 1. The maximum atomic E-state index is 13.9. The number of ketones is 2. The van der Waals surface area contributed by atoms with E-state index in [1.54, 1.807) is 20.2 Å². The molecular formula is C28H30N2O8. The van der Waals surface area contributed by atoms with Gasteiger partial charge in [0.1, 0.15) is 34.4 Å². The van der Waals surface area contributed by atoms with Crippen LogP contribution in [0.15, 0.2) is 45.6 Å². The minimum absolute atomic E-state index is 0.0279. The summed E-state index contributed by atoms with van der Waals surface area (Å²) in [6, 6.07) is 5.63. The van der Waals surface area contributed by atoms with E-state index in [-0.39, 0.29) is 29.7 Å². The van der Waals surface area contributed by atoms with E-state index < -0.39 is 58.0 Å². The van der Waals surface area contributed by atoms with Gasteiger partial charge in [-0.25, -0.2) is 0 Å². The molecule has 1 aromatic carbocycles. The Kier molecular flexibility index (Phi) is 6.00. The number of rotatable bonds is 5. The van der Waals surface area contributed by atoms with Crippen LogP contribution in [-0.4, -0.2) is 68.5 Å². The number of carbonyl (C=O) groups excluding carboxylic acids is 3. The van der Waals surface area contributed by atoms with Crippen molar-refractivity contribution in [3.8, 4) is 17.1 Å². The maximum absolute atomic E-state index is 13.9. The summed E-state index contributed by atoms with van der Waals surface area (Å²) in [6.45, 7) is 2.03. The van der Waals surface area contributed by atoms with Crippen LogP contribution in [0.4, 0.5) is 0 Å². The van der Waals surface area contributed by atoms with Crippen LogP contribution in [0.25, 0.3) is 17.1 Å². The van der Waals surface area contributed by atoms with Crippen molar-refractivity contribution in [3.63, 3.8) is 0 Å². The Morgan fingerprint density at radius 2 is 1.87 bits per heavy atom. The number of nitrogens with zero attached hydrogens (tertiary/aromatic N) is 1. The molecule has 1 aromatic heterocycles. The molecule has 0 saturated heterocycles. The van der Waals surface area contributed by atoms with Gasteiger partial charge in [-0.05, 0) is 69.1 Å². The average molecular weight is 523 g/mol. The first kappa shape index (κ1) is 25.7. The highest BCUT2D eigenvalue weighted by atomic mass is 16.4. The Hall–Kier alpha value is -3.89. The fourth-order valence-electron chi connectivity index (χ4n) is 6.38. The van der Waals surface area contributed by atoms with Gasteiger partial charge in [-0.15, -0.1) is 0 Å². The molecule has 5 rings (SSSR count). The van der Waals surface area contributed by atoms with Gasteiger partial charge in [0.25, 0.3) is 5.91 Å². The van der Waals surface area contributed by atoms with Crippen molar-refractivity contribution >= 4 is 23.2 Å². The number of aromatic hydroxyl groups is 1. The molecule has 0 spiro atoms. The average Bonchev–Trinajstić information content (AvgIpc) is 3.29. The van der Waals surface area contributed by atoms with Crippen molar-refractivity contribution in [2.24, 2.45) is 17.6 Å². The highest BCUT2D eigenvalue weighted by Gasteiger charge is 2.64. The molecule has 1 unspecified atom stereocenters. The van der Waals surface area contributed by atoms with Crippen molar-refractivity contribution in [1.29, 1.82) is 0 Å². The van der Waals surface area contributed by atoms with E-state index in [9.17, 15) is 34.8 Å². The SMILES string of the molecule is CCCc1ccc(-c2ccc(O)c3c2C[C@@H]2C[C@@H]4C(N(C)C)C(=O)C(C(N)=O)=C(O)[C@]4(O)C(=O)C2=C3O)o1. The highest BCUT2D eigenvalue weighted by Crippen LogP contribution is 2.53. The number of furan rings is 1. The second-order valence-electron chi connectivity index (χ2n) is 10.5. The Bertz CT molecular complexity index is 1450. The fourth-order valence-corrected chi connectivity index (χ4v) is 6.38. The second-order valence-corrected chi connectivity index (χ2v) is 10.5. The summed E-state index contributed by atoms with van der Waals surface area (Å²) in [5.41, 5.74) is 2.91. The zero-order valence-electron chi connectivity index (χ0n) is 21.3. The molecule has 10 nitrogen and oxygen atoms in total. The second kappa shape index (κ2) is 8.85. The number of aryl methyl sites for hydroxylation is 1. The van der Waals surface area contributed by atoms with Gasteiger partial charge >= 0.3 is 0 Å². The Morgan fingerprint density at radius 1 is 1.16 bits per heavy atom. The summed E-state index contributed by atoms with van der Waals surface area (Å²) in [4.78, 5) is 40.6. The van der Waals surface area contributed by atoms with Gasteiger partial charge in [0.2, 0.25) is 5.78 Å². The molecular weight excluding hydrogens is 492 g/mol. The number of primary amides is 1. The molecule has 0 radical (unpaired) electrons. The number of hydrogen-bond acceptors (Lipinski definition) is 9. The first-order chi connectivity index (χ1) is 17.9. The van der Waals surface area contributed by atoms with Gasteiger partial charge in [0.05, 0.1) is 11.6 Å². The summed E-state index contributed by atoms with van der Waals surface area (Å²) >= 11 is 0. The largest absolute Gasteiger partial charge is 0.508 e. The monoisotopic (exact) mass is 522 g/mol. The van der Waals surface area contributed by atoms with Crippen LogP contribution in [0.3, 0.4) is 0 Å². The molecule has 1 heterocycles. The van der Waals surface area contributed by atoms with E-state index >= 15 is 0 Å². The minimum Gasteiger partial charge on any atom is -0.508 e. The van der Waals surface area contributed by atoms with E-state index in [0.29, 0.717) is 16.9 Å². The van der Waals surface area contributed by atoms with Crippen molar-refractivity contribution in [1.82, 2.24) is 4.90 Å². The first-order valence-electron chi connectivity index (χ1n) is 12.5. The Morgan fingerprint density at radius 3 is 2.50 bits per heavy atom. The third kappa shape index (κ3) is 3.44. The Labute approximate surface area is 218 Å². The van der Waals surface area contributed by atoms with Gasteiger partial charge in [-0.3, -0.25) is 19.3 Å². The predicted octanol–water partition coefficient (Wildman–Crippen LogP) is 2.18. The van der Waals surface area contributed by atoms with Crippen molar-refractivity contribution in [2.75, 3.05) is 14.1 Å². The summed E-state index contributed by atoms with van der Waals surface area (Å²) < 4.78 is 6.00. The standard InChI is InChI=1S/C28H30N2O8/c1-4-5-13-6-9-18(38-13)14-7-8-17(31)20-15(14)10-12-11-16-22(30(2)3)24(33)21(27(29)36)26(35)28(16,37)25(34)19(12)23(20)32/h6-9,12,16,22,31-32,35,37H,4-5,10-11H2,1-3H3,(H2,29,36)/t12-,16-,22?,28-/m1/s1. The van der Waals surface area contributed by atoms with Gasteiger partial charge < -0.3 is 30.6 Å². The molecule has 38 heavy (non-hydrogen) atoms. The van der Waals surface area contributed by atoms with E-state index in [1.165, 1.54) is 11.0 Å². The lowest BCUT2D eigenvalue weighted by Crippen LogP contribution is -2.65. The maximum Gasteiger partial charge on any atom is 0.255 e. The van der Waals surface area contributed by atoms with E-state index in [4.69, 9.17) is 10.2 Å².